The number of amides is 1. The number of rotatable bonds is 5. The number of aryl methyl sites for hydroxylation is 1. The summed E-state index contributed by atoms with van der Waals surface area (Å²) >= 11 is 5.62. The molecule has 0 aliphatic rings. The Morgan fingerprint density at radius 2 is 1.87 bits per heavy atom. The Kier molecular flexibility index (Phi) is 6.70. The van der Waals surface area contributed by atoms with E-state index in [1.165, 1.54) is 6.07 Å². The van der Waals surface area contributed by atoms with Crippen LogP contribution in [0.5, 0.6) is 0 Å². The Balaban J connectivity index is 2.45. The van der Waals surface area contributed by atoms with E-state index in [-0.39, 0.29) is 9.99 Å². The molecule has 0 aliphatic carbocycles. The molecule has 1 aromatic carbocycles. The van der Waals surface area contributed by atoms with Crippen LogP contribution in [-0.2, 0) is 17.1 Å². The molecule has 0 radical (unpaired) electrons. The predicted molar refractivity (Wildman–Crippen MR) is 99.9 cm³/mol. The third kappa shape index (κ3) is 4.65. The molecule has 0 saturated heterocycles. The van der Waals surface area contributed by atoms with Gasteiger partial charge in [-0.25, -0.2) is 17.2 Å². The van der Waals surface area contributed by atoms with Crippen molar-refractivity contribution in [1.82, 2.24) is 8.87 Å². The highest BCUT2D eigenvalue weighted by Gasteiger charge is 2.44. The van der Waals surface area contributed by atoms with Crippen LogP contribution >= 0.6 is 11.6 Å². The molecular formula is C17H14ClF5N4O3S. The Morgan fingerprint density at radius 1 is 1.29 bits per heavy atom. The molecule has 7 nitrogen and oxygen atoms in total. The second-order valence-corrected chi connectivity index (χ2v) is 8.76. The molecule has 0 bridgehead atoms. The lowest BCUT2D eigenvalue weighted by molar-refractivity contribution is -0.164. The molecule has 1 heterocycles. The zero-order chi connectivity index (χ0) is 23.9. The van der Waals surface area contributed by atoms with Crippen LogP contribution in [-0.4, -0.2) is 42.5 Å². The highest BCUT2D eigenvalue weighted by molar-refractivity contribution is 7.89. The van der Waals surface area contributed by atoms with Gasteiger partial charge in [-0.05, 0) is 19.1 Å². The smallest absolute Gasteiger partial charge is 0.343 e. The van der Waals surface area contributed by atoms with Crippen molar-refractivity contribution in [2.75, 3.05) is 12.4 Å². The SMILES string of the molecule is C[C@@H](N(C)S(=O)(=O)c1cn(C)c(C(=O)Nc2cc(Cl)c(F)c(C#N)c2)c1F)C(F)(F)F. The molecule has 1 aromatic heterocycles. The molecule has 2 aromatic rings. The van der Waals surface area contributed by atoms with Gasteiger partial charge in [0.2, 0.25) is 10.0 Å². The quantitative estimate of drug-likeness (QED) is 0.655. The Bertz CT molecular complexity index is 1190. The van der Waals surface area contributed by atoms with Gasteiger partial charge in [0.25, 0.3) is 5.91 Å². The van der Waals surface area contributed by atoms with Gasteiger partial charge in [0.05, 0.1) is 10.6 Å². The summed E-state index contributed by atoms with van der Waals surface area (Å²) in [5.74, 6) is -3.84. The summed E-state index contributed by atoms with van der Waals surface area (Å²) in [4.78, 5) is 11.3. The maximum Gasteiger partial charge on any atom is 0.404 e. The highest BCUT2D eigenvalue weighted by atomic mass is 35.5. The second-order valence-electron chi connectivity index (χ2n) is 6.39. The number of alkyl halides is 3. The first-order chi connectivity index (χ1) is 14.1. The van der Waals surface area contributed by atoms with Crippen LogP contribution in [0.15, 0.2) is 23.2 Å². The largest absolute Gasteiger partial charge is 0.404 e. The van der Waals surface area contributed by atoms with Gasteiger partial charge in [0.1, 0.15) is 22.7 Å². The van der Waals surface area contributed by atoms with E-state index in [9.17, 15) is 35.2 Å². The van der Waals surface area contributed by atoms with E-state index in [1.807, 2.05) is 0 Å². The molecule has 168 valence electrons. The molecule has 1 N–H and O–H groups in total. The molecule has 0 saturated carbocycles. The minimum Gasteiger partial charge on any atom is -0.343 e. The number of hydrogen-bond donors (Lipinski definition) is 1. The number of sulfonamides is 1. The fourth-order valence-corrected chi connectivity index (χ4v) is 4.19. The van der Waals surface area contributed by atoms with Gasteiger partial charge in [0, 0.05) is 26.0 Å². The summed E-state index contributed by atoms with van der Waals surface area (Å²) < 4.78 is 92.9. The van der Waals surface area contributed by atoms with Crippen LogP contribution in [0.2, 0.25) is 5.02 Å². The molecule has 0 spiro atoms. The summed E-state index contributed by atoms with van der Waals surface area (Å²) in [5, 5.41) is 10.5. The number of halogens is 6. The zero-order valence-electron chi connectivity index (χ0n) is 16.1. The van der Waals surface area contributed by atoms with Gasteiger partial charge in [-0.2, -0.15) is 22.7 Å². The number of nitrogens with one attached hydrogen (secondary N) is 1. The van der Waals surface area contributed by atoms with Crippen molar-refractivity contribution < 1.29 is 35.2 Å². The minimum absolute atomic E-state index is 0.0635. The van der Waals surface area contributed by atoms with Crippen molar-refractivity contribution in [1.29, 1.82) is 5.26 Å². The summed E-state index contributed by atoms with van der Waals surface area (Å²) in [6.07, 6.45) is -4.26. The maximum absolute atomic E-state index is 14.8. The monoisotopic (exact) mass is 484 g/mol. The third-order valence-corrected chi connectivity index (χ3v) is 6.58. The number of carbonyl (C=O) groups excluding carboxylic acids is 1. The number of nitrogens with zero attached hydrogens (tertiary/aromatic N) is 3. The summed E-state index contributed by atoms with van der Waals surface area (Å²) in [6, 6.07) is 0.897. The first-order valence-corrected chi connectivity index (χ1v) is 10.0. The molecule has 0 fully saturated rings. The number of aromatic nitrogens is 1. The minimum atomic E-state index is -4.96. The summed E-state index contributed by atoms with van der Waals surface area (Å²) in [6.45, 7) is 0.580. The summed E-state index contributed by atoms with van der Waals surface area (Å²) in [5.41, 5.74) is -1.53. The van der Waals surface area contributed by atoms with Crippen LogP contribution in [0.25, 0.3) is 0 Å². The number of anilines is 1. The van der Waals surface area contributed by atoms with Crippen LogP contribution < -0.4 is 5.32 Å². The third-order valence-electron chi connectivity index (χ3n) is 4.39. The average Bonchev–Trinajstić information content (AvgIpc) is 2.97. The van der Waals surface area contributed by atoms with E-state index in [0.29, 0.717) is 20.2 Å². The van der Waals surface area contributed by atoms with E-state index in [0.717, 1.165) is 23.7 Å². The van der Waals surface area contributed by atoms with Gasteiger partial charge in [-0.3, -0.25) is 4.79 Å². The number of carbonyl (C=O) groups is 1. The number of hydrogen-bond acceptors (Lipinski definition) is 4. The molecule has 0 aliphatic heterocycles. The van der Waals surface area contributed by atoms with Crippen LogP contribution in [0.3, 0.4) is 0 Å². The molecule has 1 atom stereocenters. The molecule has 0 unspecified atom stereocenters. The van der Waals surface area contributed by atoms with Crippen molar-refractivity contribution in [3.8, 4) is 6.07 Å². The first kappa shape index (κ1) is 24.6. The second kappa shape index (κ2) is 8.45. The standard InChI is InChI=1S/C17H14ClF5N4O3S/c1-8(17(21,22)23)27(3)31(29,30)12-7-26(2)15(14(12)20)16(28)25-10-4-9(6-24)13(19)11(18)5-10/h4-5,7-8H,1-3H3,(H,25,28)/t8-/m1/s1. The van der Waals surface area contributed by atoms with Crippen molar-refractivity contribution in [2.45, 2.75) is 24.0 Å². The van der Waals surface area contributed by atoms with Gasteiger partial charge in [0.15, 0.2) is 11.6 Å². The lowest BCUT2D eigenvalue weighted by atomic mass is 10.2. The normalized spacial score (nSPS) is 13.2. The van der Waals surface area contributed by atoms with Crippen molar-refractivity contribution in [2.24, 2.45) is 7.05 Å². The topological polar surface area (TPSA) is 95.2 Å². The molecule has 14 heteroatoms. The highest BCUT2D eigenvalue weighted by Crippen LogP contribution is 2.30. The Morgan fingerprint density at radius 3 is 2.39 bits per heavy atom. The average molecular weight is 485 g/mol. The molecular weight excluding hydrogens is 471 g/mol. The lowest BCUT2D eigenvalue weighted by Gasteiger charge is -2.25. The van der Waals surface area contributed by atoms with Crippen LogP contribution in [0.4, 0.5) is 27.6 Å². The van der Waals surface area contributed by atoms with Gasteiger partial charge < -0.3 is 9.88 Å². The molecule has 31 heavy (non-hydrogen) atoms. The van der Waals surface area contributed by atoms with Gasteiger partial charge in [-0.1, -0.05) is 11.6 Å². The summed E-state index contributed by atoms with van der Waals surface area (Å²) in [7, 11) is -3.23. The predicted octanol–water partition coefficient (Wildman–Crippen LogP) is 3.65. The molecule has 2 rings (SSSR count). The fourth-order valence-electron chi connectivity index (χ4n) is 2.51. The van der Waals surface area contributed by atoms with Gasteiger partial charge >= 0.3 is 6.18 Å². The number of benzene rings is 1. The first-order valence-electron chi connectivity index (χ1n) is 8.23. The van der Waals surface area contributed by atoms with E-state index in [2.05, 4.69) is 5.32 Å². The zero-order valence-corrected chi connectivity index (χ0v) is 17.6. The van der Waals surface area contributed by atoms with E-state index < -0.39 is 61.0 Å². The van der Waals surface area contributed by atoms with E-state index >= 15 is 0 Å². The van der Waals surface area contributed by atoms with E-state index in [4.69, 9.17) is 16.9 Å². The number of nitriles is 1. The van der Waals surface area contributed by atoms with Crippen molar-refractivity contribution in [3.05, 3.63) is 46.2 Å². The lowest BCUT2D eigenvalue weighted by Crippen LogP contribution is -2.44. The van der Waals surface area contributed by atoms with Crippen LogP contribution in [0.1, 0.15) is 23.0 Å². The van der Waals surface area contributed by atoms with Gasteiger partial charge in [-0.15, -0.1) is 0 Å². The fraction of sp³-hybridized carbons (Fsp3) is 0.294. The molecule has 1 amide bonds. The Hall–Kier alpha value is -2.69. The van der Waals surface area contributed by atoms with E-state index in [1.54, 1.807) is 0 Å². The Labute approximate surface area is 178 Å². The van der Waals surface area contributed by atoms with Crippen molar-refractivity contribution >= 4 is 33.2 Å². The van der Waals surface area contributed by atoms with Crippen molar-refractivity contribution in [3.63, 3.8) is 0 Å². The maximum atomic E-state index is 14.8. The van der Waals surface area contributed by atoms with Crippen LogP contribution in [0, 0.1) is 23.0 Å².